The number of methoxy groups -OCH3 is 2. The first-order chi connectivity index (χ1) is 17.5. The van der Waals surface area contributed by atoms with Crippen LogP contribution in [0.5, 0.6) is 17.2 Å². The summed E-state index contributed by atoms with van der Waals surface area (Å²) in [7, 11) is 3.32. The Labute approximate surface area is 213 Å². The van der Waals surface area contributed by atoms with Crippen molar-refractivity contribution in [1.29, 1.82) is 0 Å². The number of unbranched alkanes of at least 4 members (excludes halogenated alkanes) is 1. The number of allylic oxidation sites excluding steroid dienone is 1. The lowest BCUT2D eigenvalue weighted by Gasteiger charge is -2.35. The van der Waals surface area contributed by atoms with E-state index >= 15 is 0 Å². The summed E-state index contributed by atoms with van der Waals surface area (Å²) in [5.41, 5.74) is 3.28. The van der Waals surface area contributed by atoms with E-state index in [9.17, 15) is 9.90 Å². The molecule has 190 valence electrons. The summed E-state index contributed by atoms with van der Waals surface area (Å²) >= 11 is 0. The molecule has 1 aliphatic carbocycles. The highest BCUT2D eigenvalue weighted by molar-refractivity contribution is 5.93. The lowest BCUT2D eigenvalue weighted by atomic mass is 9.69. The van der Waals surface area contributed by atoms with Crippen LogP contribution in [0.3, 0.4) is 0 Å². The van der Waals surface area contributed by atoms with E-state index in [-0.39, 0.29) is 17.3 Å². The molecule has 3 aliphatic rings. The van der Waals surface area contributed by atoms with Gasteiger partial charge in [0.05, 0.1) is 25.7 Å². The van der Waals surface area contributed by atoms with Crippen molar-refractivity contribution < 1.29 is 24.1 Å². The van der Waals surface area contributed by atoms with Gasteiger partial charge < -0.3 is 19.3 Å². The average Bonchev–Trinajstić information content (AvgIpc) is 3.14. The summed E-state index contributed by atoms with van der Waals surface area (Å²) in [5.74, 6) is 2.57. The first-order valence-corrected chi connectivity index (χ1v) is 12.8. The molecular weight excluding hydrogens is 454 g/mol. The van der Waals surface area contributed by atoms with Crippen molar-refractivity contribution in [2.75, 3.05) is 27.3 Å². The predicted molar refractivity (Wildman–Crippen MR) is 140 cm³/mol. The van der Waals surface area contributed by atoms with Gasteiger partial charge >= 0.3 is 0 Å². The molecule has 0 fully saturated rings. The van der Waals surface area contributed by atoms with Crippen molar-refractivity contribution in [3.8, 4) is 17.2 Å². The molecule has 3 atom stereocenters. The minimum atomic E-state index is -0.472. The molecule has 0 saturated heterocycles. The third-order valence-electron chi connectivity index (χ3n) is 7.76. The van der Waals surface area contributed by atoms with E-state index in [0.29, 0.717) is 12.8 Å². The number of carbonyl (C=O) groups is 1. The number of hydrogen-bond donors (Lipinski definition) is 1. The lowest BCUT2D eigenvalue weighted by Crippen LogP contribution is -2.43. The number of hydrogen-bond acceptors (Lipinski definition) is 6. The molecule has 1 spiro atoms. The molecule has 0 saturated carbocycles. The average molecular weight is 490 g/mol. The fourth-order valence-electron chi connectivity index (χ4n) is 5.81. The molecule has 1 N–H and O–H groups in total. The molecule has 6 nitrogen and oxygen atoms in total. The maximum absolute atomic E-state index is 12.4. The molecule has 2 aromatic carbocycles. The summed E-state index contributed by atoms with van der Waals surface area (Å²) in [6, 6.07) is 11.8. The Hall–Kier alpha value is -3.09. The van der Waals surface area contributed by atoms with E-state index in [4.69, 9.17) is 14.2 Å². The van der Waals surface area contributed by atoms with E-state index in [0.717, 1.165) is 61.7 Å². The van der Waals surface area contributed by atoms with Crippen molar-refractivity contribution in [3.63, 3.8) is 0 Å². The zero-order chi connectivity index (χ0) is 25.1. The van der Waals surface area contributed by atoms with Gasteiger partial charge in [0, 0.05) is 24.9 Å². The summed E-state index contributed by atoms with van der Waals surface area (Å²) in [6.45, 7) is 2.75. The number of ether oxygens (including phenoxy) is 3. The van der Waals surface area contributed by atoms with Crippen LogP contribution in [0, 0.1) is 0 Å². The van der Waals surface area contributed by atoms with Gasteiger partial charge in [-0.05, 0) is 67.8 Å². The fraction of sp³-hybridized carbons (Fsp3) is 0.433. The largest absolute Gasteiger partial charge is 0.497 e. The van der Waals surface area contributed by atoms with E-state index in [1.165, 1.54) is 11.1 Å². The van der Waals surface area contributed by atoms with Crippen LogP contribution in [-0.4, -0.2) is 55.3 Å². The smallest absolute Gasteiger partial charge is 0.166 e. The van der Waals surface area contributed by atoms with E-state index < -0.39 is 6.10 Å². The van der Waals surface area contributed by atoms with Crippen molar-refractivity contribution in [1.82, 2.24) is 4.90 Å². The summed E-state index contributed by atoms with van der Waals surface area (Å²) in [6.07, 6.45) is 11.0. The molecule has 36 heavy (non-hydrogen) atoms. The number of benzene rings is 2. The Morgan fingerprint density at radius 1 is 1.17 bits per heavy atom. The van der Waals surface area contributed by atoms with E-state index in [2.05, 4.69) is 17.0 Å². The van der Waals surface area contributed by atoms with Crippen LogP contribution in [0.25, 0.3) is 6.08 Å². The van der Waals surface area contributed by atoms with Gasteiger partial charge in [-0.1, -0.05) is 36.4 Å². The maximum Gasteiger partial charge on any atom is 0.166 e. The third kappa shape index (κ3) is 4.80. The minimum absolute atomic E-state index is 0.0717. The molecule has 0 radical (unpaired) electrons. The van der Waals surface area contributed by atoms with Crippen LogP contribution in [0.15, 0.2) is 54.6 Å². The molecule has 0 bridgehead atoms. The lowest BCUT2D eigenvalue weighted by molar-refractivity contribution is -0.114. The van der Waals surface area contributed by atoms with Crippen LogP contribution >= 0.6 is 0 Å². The zero-order valence-corrected chi connectivity index (χ0v) is 21.1. The molecular formula is C30H35NO5. The Balaban J connectivity index is 1.19. The quantitative estimate of drug-likeness (QED) is 0.313. The number of ketones is 1. The normalized spacial score (nSPS) is 24.6. The van der Waals surface area contributed by atoms with Crippen molar-refractivity contribution >= 4 is 11.9 Å². The Morgan fingerprint density at radius 2 is 2.00 bits per heavy atom. The van der Waals surface area contributed by atoms with Gasteiger partial charge in [0.2, 0.25) is 0 Å². The van der Waals surface area contributed by atoms with Gasteiger partial charge in [0.1, 0.15) is 11.9 Å². The Bertz CT molecular complexity index is 1150. The topological polar surface area (TPSA) is 68.2 Å². The Morgan fingerprint density at radius 3 is 2.78 bits per heavy atom. The van der Waals surface area contributed by atoms with Crippen LogP contribution < -0.4 is 14.2 Å². The number of aliphatic hydroxyl groups excluding tert-OH is 1. The number of carbonyl (C=O) groups excluding carboxylic acids is 1. The van der Waals surface area contributed by atoms with E-state index in [1.54, 1.807) is 20.3 Å². The second-order valence-corrected chi connectivity index (χ2v) is 10.00. The fourth-order valence-corrected chi connectivity index (χ4v) is 5.81. The molecule has 5 rings (SSSR count). The predicted octanol–water partition coefficient (Wildman–Crippen LogP) is 4.68. The SMILES string of the molecule is COc1ccc(/C=C/C(=O)CCCCN2CC[C@@]34C=C[C@H](O)C[C@@H]3Oc3c(OC)ccc(c34)C2)cc1. The van der Waals surface area contributed by atoms with Crippen molar-refractivity contribution in [2.24, 2.45) is 0 Å². The number of rotatable bonds is 9. The summed E-state index contributed by atoms with van der Waals surface area (Å²) in [5, 5.41) is 10.2. The van der Waals surface area contributed by atoms with Crippen LogP contribution in [-0.2, 0) is 16.8 Å². The van der Waals surface area contributed by atoms with Gasteiger partial charge in [-0.2, -0.15) is 0 Å². The molecule has 0 amide bonds. The van der Waals surface area contributed by atoms with Crippen LogP contribution in [0.1, 0.15) is 48.8 Å². The highest BCUT2D eigenvalue weighted by Crippen LogP contribution is 2.55. The van der Waals surface area contributed by atoms with Crippen LogP contribution in [0.2, 0.25) is 0 Å². The number of aliphatic hydroxyl groups is 1. The van der Waals surface area contributed by atoms with Crippen molar-refractivity contribution in [2.45, 2.75) is 56.3 Å². The Kier molecular flexibility index (Phi) is 7.17. The first-order valence-electron chi connectivity index (χ1n) is 12.8. The molecule has 2 aliphatic heterocycles. The minimum Gasteiger partial charge on any atom is -0.497 e. The number of nitrogens with zero attached hydrogens (tertiary/aromatic N) is 1. The molecule has 2 heterocycles. The van der Waals surface area contributed by atoms with Gasteiger partial charge in [0.25, 0.3) is 0 Å². The van der Waals surface area contributed by atoms with Gasteiger partial charge in [-0.25, -0.2) is 0 Å². The second-order valence-electron chi connectivity index (χ2n) is 10.00. The highest BCUT2D eigenvalue weighted by Gasteiger charge is 2.52. The summed E-state index contributed by atoms with van der Waals surface area (Å²) < 4.78 is 17.2. The van der Waals surface area contributed by atoms with Crippen LogP contribution in [0.4, 0.5) is 0 Å². The van der Waals surface area contributed by atoms with Gasteiger partial charge in [0.15, 0.2) is 17.3 Å². The first kappa shape index (κ1) is 24.6. The molecule has 6 heteroatoms. The molecule has 0 aromatic heterocycles. The van der Waals surface area contributed by atoms with E-state index in [1.807, 2.05) is 42.5 Å². The van der Waals surface area contributed by atoms with Crippen molar-refractivity contribution in [3.05, 3.63) is 71.3 Å². The molecule has 0 unspecified atom stereocenters. The zero-order valence-electron chi connectivity index (χ0n) is 21.1. The maximum atomic E-state index is 12.4. The van der Waals surface area contributed by atoms with Gasteiger partial charge in [-0.15, -0.1) is 0 Å². The highest BCUT2D eigenvalue weighted by atomic mass is 16.5. The second kappa shape index (κ2) is 10.5. The standard InChI is InChI=1S/C30H35NO5/c1-34-25-11-7-21(8-12-25)6-10-23(32)5-3-4-17-31-18-16-30-15-14-24(33)19-27(30)36-29-26(35-2)13-9-22(20-31)28(29)30/h6-15,24,27,33H,3-5,16-20H2,1-2H3/b10-6+/t24-,27-,30-/m0/s1. The summed E-state index contributed by atoms with van der Waals surface area (Å²) in [4.78, 5) is 14.9. The van der Waals surface area contributed by atoms with Gasteiger partial charge in [-0.3, -0.25) is 9.69 Å². The third-order valence-corrected chi connectivity index (χ3v) is 7.76. The monoisotopic (exact) mass is 489 g/mol. The molecule has 2 aromatic rings.